The van der Waals surface area contributed by atoms with Crippen LogP contribution < -0.4 is 4.74 Å². The number of ether oxygens (including phenoxy) is 1. The van der Waals surface area contributed by atoms with Gasteiger partial charge >= 0.3 is 0 Å². The van der Waals surface area contributed by atoms with Gasteiger partial charge in [0.1, 0.15) is 9.96 Å². The van der Waals surface area contributed by atoms with Crippen LogP contribution in [0.15, 0.2) is 38.3 Å². The Labute approximate surface area is 137 Å². The van der Waals surface area contributed by atoms with Crippen molar-refractivity contribution in [1.29, 1.82) is 0 Å². The van der Waals surface area contributed by atoms with Gasteiger partial charge in [-0.2, -0.15) is 4.31 Å². The molecule has 0 atom stereocenters. The zero-order chi connectivity index (χ0) is 15.6. The van der Waals surface area contributed by atoms with Crippen molar-refractivity contribution in [3.05, 3.63) is 45.2 Å². The first-order chi connectivity index (χ1) is 9.84. The molecule has 0 radical (unpaired) electrons. The molecule has 1 aromatic carbocycles. The summed E-state index contributed by atoms with van der Waals surface area (Å²) < 4.78 is 32.8. The van der Waals surface area contributed by atoms with Crippen molar-refractivity contribution in [2.24, 2.45) is 0 Å². The molecule has 114 valence electrons. The lowest BCUT2D eigenvalue weighted by atomic mass is 10.2. The van der Waals surface area contributed by atoms with E-state index in [1.807, 2.05) is 31.2 Å². The summed E-state index contributed by atoms with van der Waals surface area (Å²) in [6.45, 7) is 2.18. The van der Waals surface area contributed by atoms with Crippen LogP contribution in [0, 0.1) is 6.92 Å². The van der Waals surface area contributed by atoms with Gasteiger partial charge in [-0.15, -0.1) is 11.3 Å². The number of hydrogen-bond acceptors (Lipinski definition) is 4. The molecular formula is C14H16BrNO3S2. The molecule has 7 heteroatoms. The minimum absolute atomic E-state index is 0.300. The first-order valence-electron chi connectivity index (χ1n) is 6.20. The third-order valence-electron chi connectivity index (χ3n) is 3.04. The molecule has 1 aromatic heterocycles. The molecule has 2 rings (SSSR count). The van der Waals surface area contributed by atoms with Crippen LogP contribution in [0.3, 0.4) is 0 Å². The average molecular weight is 390 g/mol. The van der Waals surface area contributed by atoms with E-state index >= 15 is 0 Å². The van der Waals surface area contributed by atoms with Crippen molar-refractivity contribution in [1.82, 2.24) is 4.31 Å². The Hall–Kier alpha value is -0.890. The van der Waals surface area contributed by atoms with Crippen molar-refractivity contribution >= 4 is 37.3 Å². The molecule has 0 amide bonds. The van der Waals surface area contributed by atoms with Gasteiger partial charge in [0.05, 0.1) is 10.9 Å². The fourth-order valence-corrected chi connectivity index (χ4v) is 5.42. The van der Waals surface area contributed by atoms with Crippen LogP contribution in [-0.2, 0) is 16.6 Å². The largest absolute Gasteiger partial charge is 0.497 e. The second kappa shape index (κ2) is 6.48. The molecule has 0 aliphatic heterocycles. The van der Waals surface area contributed by atoms with E-state index in [1.54, 1.807) is 20.2 Å². The number of nitrogens with zero attached hydrogens (tertiary/aromatic N) is 1. The maximum absolute atomic E-state index is 12.5. The molecule has 0 bridgehead atoms. The zero-order valence-corrected chi connectivity index (χ0v) is 15.2. The van der Waals surface area contributed by atoms with Gasteiger partial charge < -0.3 is 4.74 Å². The van der Waals surface area contributed by atoms with Crippen molar-refractivity contribution in [2.75, 3.05) is 14.2 Å². The number of rotatable bonds is 5. The molecule has 0 spiro atoms. The fraction of sp³-hybridized carbons (Fsp3) is 0.286. The third-order valence-corrected chi connectivity index (χ3v) is 7.43. The highest BCUT2D eigenvalue weighted by Crippen LogP contribution is 2.32. The Balaban J connectivity index is 2.24. The highest BCUT2D eigenvalue weighted by molar-refractivity contribution is 9.11. The van der Waals surface area contributed by atoms with Crippen molar-refractivity contribution < 1.29 is 13.2 Å². The van der Waals surface area contributed by atoms with Crippen LogP contribution in [0.1, 0.15) is 11.1 Å². The first-order valence-corrected chi connectivity index (χ1v) is 9.24. The Kier molecular flexibility index (Phi) is 5.08. The van der Waals surface area contributed by atoms with Crippen molar-refractivity contribution in [2.45, 2.75) is 17.7 Å². The van der Waals surface area contributed by atoms with E-state index < -0.39 is 10.0 Å². The third kappa shape index (κ3) is 3.66. The van der Waals surface area contributed by atoms with Crippen molar-refractivity contribution in [3.63, 3.8) is 0 Å². The second-order valence-electron chi connectivity index (χ2n) is 4.63. The number of thiophene rings is 1. The van der Waals surface area contributed by atoms with Crippen LogP contribution in [0.25, 0.3) is 0 Å². The molecule has 0 fully saturated rings. The molecule has 0 saturated carbocycles. The SMILES string of the molecule is COc1cccc(CN(C)S(=O)(=O)c2cc(C)c(Br)s2)c1. The molecule has 2 aromatic rings. The summed E-state index contributed by atoms with van der Waals surface area (Å²) in [5.41, 5.74) is 1.81. The predicted octanol–water partition coefficient (Wildman–Crippen LogP) is 3.65. The van der Waals surface area contributed by atoms with E-state index in [9.17, 15) is 8.42 Å². The summed E-state index contributed by atoms with van der Waals surface area (Å²) in [6.07, 6.45) is 0. The highest BCUT2D eigenvalue weighted by atomic mass is 79.9. The Bertz CT molecular complexity index is 721. The number of sulfonamides is 1. The van der Waals surface area contributed by atoms with Gasteiger partial charge in [0.2, 0.25) is 0 Å². The summed E-state index contributed by atoms with van der Waals surface area (Å²) in [6, 6.07) is 9.08. The van der Waals surface area contributed by atoms with Gasteiger partial charge in [-0.25, -0.2) is 8.42 Å². The molecule has 0 saturated heterocycles. The number of benzene rings is 1. The maximum Gasteiger partial charge on any atom is 0.252 e. The number of hydrogen-bond donors (Lipinski definition) is 0. The van der Waals surface area contributed by atoms with Gasteiger partial charge in [0.15, 0.2) is 0 Å². The summed E-state index contributed by atoms with van der Waals surface area (Å²) in [5.74, 6) is 0.716. The average Bonchev–Trinajstić information content (AvgIpc) is 2.79. The molecule has 0 N–H and O–H groups in total. The fourth-order valence-electron chi connectivity index (χ4n) is 1.83. The van der Waals surface area contributed by atoms with E-state index in [0.717, 1.165) is 14.9 Å². The van der Waals surface area contributed by atoms with E-state index in [0.29, 0.717) is 16.5 Å². The topological polar surface area (TPSA) is 46.6 Å². The molecule has 4 nitrogen and oxygen atoms in total. The second-order valence-corrected chi connectivity index (χ2v) is 9.28. The number of methoxy groups -OCH3 is 1. The first kappa shape index (κ1) is 16.5. The Morgan fingerprint density at radius 2 is 2.05 bits per heavy atom. The molecule has 21 heavy (non-hydrogen) atoms. The maximum atomic E-state index is 12.5. The lowest BCUT2D eigenvalue weighted by molar-refractivity contribution is 0.412. The number of aryl methyl sites for hydroxylation is 1. The lowest BCUT2D eigenvalue weighted by Gasteiger charge is -2.16. The summed E-state index contributed by atoms with van der Waals surface area (Å²) in [5, 5.41) is 0. The van der Waals surface area contributed by atoms with Crippen LogP contribution >= 0.6 is 27.3 Å². The standard InChI is InChI=1S/C14H16BrNO3S2/c1-10-7-13(20-14(10)15)21(17,18)16(2)9-11-5-4-6-12(8-11)19-3/h4-8H,9H2,1-3H3. The van der Waals surface area contributed by atoms with Crippen molar-refractivity contribution in [3.8, 4) is 5.75 Å². The van der Waals surface area contributed by atoms with E-state index in [-0.39, 0.29) is 0 Å². The smallest absolute Gasteiger partial charge is 0.252 e. The summed E-state index contributed by atoms with van der Waals surface area (Å²) in [4.78, 5) is 0. The zero-order valence-electron chi connectivity index (χ0n) is 12.0. The molecule has 0 aliphatic carbocycles. The van der Waals surface area contributed by atoms with Gasteiger partial charge in [0.25, 0.3) is 10.0 Å². The molecule has 1 heterocycles. The van der Waals surface area contributed by atoms with Crippen LogP contribution in [0.4, 0.5) is 0 Å². The van der Waals surface area contributed by atoms with Crippen LogP contribution in [-0.4, -0.2) is 26.9 Å². The Morgan fingerprint density at radius 1 is 1.33 bits per heavy atom. The summed E-state index contributed by atoms with van der Waals surface area (Å²) in [7, 11) is -0.307. The van der Waals surface area contributed by atoms with E-state index in [4.69, 9.17) is 4.74 Å². The predicted molar refractivity (Wildman–Crippen MR) is 88.4 cm³/mol. The minimum atomic E-state index is -3.48. The summed E-state index contributed by atoms with van der Waals surface area (Å²) >= 11 is 4.59. The van der Waals surface area contributed by atoms with Crippen LogP contribution in [0.2, 0.25) is 0 Å². The van der Waals surface area contributed by atoms with Gasteiger partial charge in [-0.3, -0.25) is 0 Å². The Morgan fingerprint density at radius 3 is 2.62 bits per heavy atom. The number of halogens is 1. The quantitative estimate of drug-likeness (QED) is 0.783. The minimum Gasteiger partial charge on any atom is -0.497 e. The highest BCUT2D eigenvalue weighted by Gasteiger charge is 2.24. The molecule has 0 unspecified atom stereocenters. The monoisotopic (exact) mass is 389 g/mol. The van der Waals surface area contributed by atoms with Gasteiger partial charge in [0, 0.05) is 13.6 Å². The van der Waals surface area contributed by atoms with E-state index in [2.05, 4.69) is 15.9 Å². The van der Waals surface area contributed by atoms with E-state index in [1.165, 1.54) is 15.6 Å². The van der Waals surface area contributed by atoms with Gasteiger partial charge in [-0.05, 0) is 52.2 Å². The normalized spacial score (nSPS) is 11.9. The lowest BCUT2D eigenvalue weighted by Crippen LogP contribution is -2.25. The molecule has 0 aliphatic rings. The van der Waals surface area contributed by atoms with Crippen LogP contribution in [0.5, 0.6) is 5.75 Å². The molecular weight excluding hydrogens is 374 g/mol. The van der Waals surface area contributed by atoms with Gasteiger partial charge in [-0.1, -0.05) is 12.1 Å².